The van der Waals surface area contributed by atoms with E-state index in [4.69, 9.17) is 16.0 Å². The Morgan fingerprint density at radius 3 is 2.88 bits per heavy atom. The fourth-order valence-corrected chi connectivity index (χ4v) is 3.11. The summed E-state index contributed by atoms with van der Waals surface area (Å²) in [4.78, 5) is 17.9. The topological polar surface area (TPSA) is 151 Å². The van der Waals surface area contributed by atoms with E-state index in [9.17, 15) is 5.11 Å². The maximum atomic E-state index is 9.43. The van der Waals surface area contributed by atoms with Gasteiger partial charge in [0.15, 0.2) is 17.0 Å². The van der Waals surface area contributed by atoms with Crippen molar-refractivity contribution in [1.29, 1.82) is 0 Å². The van der Waals surface area contributed by atoms with E-state index < -0.39 is 18.4 Å². The van der Waals surface area contributed by atoms with Crippen molar-refractivity contribution in [3.63, 3.8) is 0 Å². The molecule has 3 N–H and O–H groups in total. The van der Waals surface area contributed by atoms with Gasteiger partial charge in [0.25, 0.3) is 0 Å². The van der Waals surface area contributed by atoms with Crippen LogP contribution in [0.15, 0.2) is 11.4 Å². The van der Waals surface area contributed by atoms with Crippen molar-refractivity contribution in [2.45, 2.75) is 38.6 Å². The van der Waals surface area contributed by atoms with E-state index in [1.165, 1.54) is 0 Å². The lowest BCUT2D eigenvalue weighted by Gasteiger charge is -2.20. The lowest BCUT2D eigenvalue weighted by Crippen LogP contribution is -2.24. The molecule has 3 rings (SSSR count). The summed E-state index contributed by atoms with van der Waals surface area (Å²) in [6, 6.07) is -0.445. The summed E-state index contributed by atoms with van der Waals surface area (Å²) >= 11 is 0. The molecule has 0 saturated carbocycles. The minimum absolute atomic E-state index is 0.152. The average Bonchev–Trinajstić information content (AvgIpc) is 3.19. The number of nitrogens with two attached hydrogens (primary N) is 1. The van der Waals surface area contributed by atoms with Crippen molar-refractivity contribution < 1.29 is 9.84 Å². The first kappa shape index (κ1) is 17.2. The zero-order valence-electron chi connectivity index (χ0n) is 14.1. The molecular weight excluding hydrogens is 326 g/mol. The molecule has 1 aliphatic heterocycles. The van der Waals surface area contributed by atoms with Gasteiger partial charge in [-0.1, -0.05) is 5.11 Å². The first-order valence-electron chi connectivity index (χ1n) is 8.18. The Hall–Kier alpha value is -2.62. The van der Waals surface area contributed by atoms with Crippen LogP contribution in [-0.4, -0.2) is 56.5 Å². The molecule has 134 valence electrons. The molecule has 1 saturated heterocycles. The van der Waals surface area contributed by atoms with E-state index in [0.29, 0.717) is 23.4 Å². The van der Waals surface area contributed by atoms with Gasteiger partial charge in [0.2, 0.25) is 5.95 Å². The number of rotatable bonds is 6. The second-order valence-corrected chi connectivity index (χ2v) is 5.72. The summed E-state index contributed by atoms with van der Waals surface area (Å²) < 4.78 is 7.56. The molecule has 3 atom stereocenters. The molecule has 0 unspecified atom stereocenters. The second kappa shape index (κ2) is 7.09. The van der Waals surface area contributed by atoms with Gasteiger partial charge in [-0.2, -0.15) is 9.97 Å². The van der Waals surface area contributed by atoms with E-state index in [1.807, 2.05) is 18.7 Å². The molecular formula is C14H21N9O2. The van der Waals surface area contributed by atoms with Crippen molar-refractivity contribution in [3.05, 3.63) is 16.8 Å². The Balaban J connectivity index is 2.03. The van der Waals surface area contributed by atoms with Gasteiger partial charge < -0.3 is 20.5 Å². The molecule has 0 spiro atoms. The Labute approximate surface area is 144 Å². The number of azide groups is 1. The third-order valence-corrected chi connectivity index (χ3v) is 4.38. The predicted molar refractivity (Wildman–Crippen MR) is 91.8 cm³/mol. The van der Waals surface area contributed by atoms with Gasteiger partial charge in [0, 0.05) is 24.4 Å². The maximum Gasteiger partial charge on any atom is 0.224 e. The lowest BCUT2D eigenvalue weighted by molar-refractivity contribution is -0.0232. The fourth-order valence-electron chi connectivity index (χ4n) is 3.11. The van der Waals surface area contributed by atoms with Crippen LogP contribution >= 0.6 is 0 Å². The Kier molecular flexibility index (Phi) is 4.88. The van der Waals surface area contributed by atoms with Crippen LogP contribution in [0.5, 0.6) is 0 Å². The minimum atomic E-state index is -0.556. The van der Waals surface area contributed by atoms with Gasteiger partial charge in [-0.15, -0.1) is 0 Å². The summed E-state index contributed by atoms with van der Waals surface area (Å²) in [6.07, 6.45) is 1.03. The number of aliphatic hydroxyl groups is 1. The molecule has 0 amide bonds. The van der Waals surface area contributed by atoms with Crippen molar-refractivity contribution in [2.75, 3.05) is 30.3 Å². The Morgan fingerprint density at radius 1 is 1.48 bits per heavy atom. The van der Waals surface area contributed by atoms with Crippen molar-refractivity contribution in [3.8, 4) is 0 Å². The summed E-state index contributed by atoms with van der Waals surface area (Å²) in [5, 5.41) is 13.1. The quantitative estimate of drug-likeness (QED) is 0.452. The van der Waals surface area contributed by atoms with Crippen LogP contribution in [0.3, 0.4) is 0 Å². The zero-order chi connectivity index (χ0) is 18.0. The Bertz CT molecular complexity index is 797. The first-order valence-corrected chi connectivity index (χ1v) is 8.18. The van der Waals surface area contributed by atoms with Gasteiger partial charge in [-0.05, 0) is 19.4 Å². The smallest absolute Gasteiger partial charge is 0.224 e. The van der Waals surface area contributed by atoms with E-state index >= 15 is 0 Å². The highest BCUT2D eigenvalue weighted by Crippen LogP contribution is 2.34. The van der Waals surface area contributed by atoms with Crippen LogP contribution in [-0.2, 0) is 4.74 Å². The number of aromatic nitrogens is 4. The largest absolute Gasteiger partial charge is 0.394 e. The molecule has 11 heteroatoms. The third kappa shape index (κ3) is 3.04. The SMILES string of the molecule is CCN(CC)c1nc(N)nc2c1ncn2[C@H]1C[C@H](N=[N+]=[N-])[C@@H](CO)O1. The number of hydrogen-bond acceptors (Lipinski definition) is 8. The van der Waals surface area contributed by atoms with Gasteiger partial charge in [-0.3, -0.25) is 4.57 Å². The molecule has 2 aromatic rings. The highest BCUT2D eigenvalue weighted by atomic mass is 16.5. The van der Waals surface area contributed by atoms with Crippen LogP contribution in [0, 0.1) is 0 Å². The number of nitrogen functional groups attached to an aromatic ring is 1. The van der Waals surface area contributed by atoms with Gasteiger partial charge in [0.1, 0.15) is 6.23 Å². The maximum absolute atomic E-state index is 9.43. The third-order valence-electron chi connectivity index (χ3n) is 4.38. The van der Waals surface area contributed by atoms with Gasteiger partial charge in [-0.25, -0.2) is 4.98 Å². The number of aliphatic hydroxyl groups excluding tert-OH is 1. The molecule has 2 aromatic heterocycles. The summed E-state index contributed by atoms with van der Waals surface area (Å²) in [5.74, 6) is 0.828. The standard InChI is InChI=1S/C14H21N9O2/c1-3-22(4-2)12-11-13(19-14(15)18-12)23(7-17-11)10-5-8(20-21-16)9(6-24)25-10/h7-10,24H,3-6H2,1-2H3,(H2,15,18,19)/t8-,9+,10+/m0/s1. The van der Waals surface area contributed by atoms with Gasteiger partial charge >= 0.3 is 0 Å². The summed E-state index contributed by atoms with van der Waals surface area (Å²) in [5.41, 5.74) is 15.8. The molecule has 11 nitrogen and oxygen atoms in total. The molecule has 1 fully saturated rings. The van der Waals surface area contributed by atoms with E-state index in [2.05, 4.69) is 25.0 Å². The monoisotopic (exact) mass is 347 g/mol. The summed E-state index contributed by atoms with van der Waals surface area (Å²) in [7, 11) is 0. The number of fused-ring (bicyclic) bond motifs is 1. The average molecular weight is 347 g/mol. The van der Waals surface area contributed by atoms with Crippen LogP contribution in [0.2, 0.25) is 0 Å². The zero-order valence-corrected chi connectivity index (χ0v) is 14.1. The second-order valence-electron chi connectivity index (χ2n) is 5.72. The van der Waals surface area contributed by atoms with Crippen molar-refractivity contribution >= 4 is 22.9 Å². The molecule has 0 bridgehead atoms. The highest BCUT2D eigenvalue weighted by Gasteiger charge is 2.36. The number of hydrogen-bond donors (Lipinski definition) is 2. The molecule has 25 heavy (non-hydrogen) atoms. The number of ether oxygens (including phenoxy) is 1. The molecule has 0 radical (unpaired) electrons. The molecule has 0 aliphatic carbocycles. The molecule has 0 aromatic carbocycles. The number of imidazole rings is 1. The Morgan fingerprint density at radius 2 is 2.24 bits per heavy atom. The van der Waals surface area contributed by atoms with Crippen LogP contribution in [0.4, 0.5) is 11.8 Å². The van der Waals surface area contributed by atoms with Crippen molar-refractivity contribution in [1.82, 2.24) is 19.5 Å². The molecule has 3 heterocycles. The lowest BCUT2D eigenvalue weighted by atomic mass is 10.1. The van der Waals surface area contributed by atoms with E-state index in [-0.39, 0.29) is 12.6 Å². The first-order chi connectivity index (χ1) is 12.1. The van der Waals surface area contributed by atoms with Crippen LogP contribution < -0.4 is 10.6 Å². The normalized spacial score (nSPS) is 22.9. The molecule has 1 aliphatic rings. The van der Waals surface area contributed by atoms with Crippen molar-refractivity contribution in [2.24, 2.45) is 5.11 Å². The van der Waals surface area contributed by atoms with Gasteiger partial charge in [0.05, 0.1) is 25.1 Å². The minimum Gasteiger partial charge on any atom is -0.394 e. The van der Waals surface area contributed by atoms with E-state index in [0.717, 1.165) is 13.1 Å². The van der Waals surface area contributed by atoms with E-state index in [1.54, 1.807) is 10.9 Å². The predicted octanol–water partition coefficient (Wildman–Crippen LogP) is 1.21. The fraction of sp³-hybridized carbons (Fsp3) is 0.643. The van der Waals surface area contributed by atoms with Crippen LogP contribution in [0.25, 0.3) is 21.6 Å². The summed E-state index contributed by atoms with van der Waals surface area (Å²) in [6.45, 7) is 5.36. The van der Waals surface area contributed by atoms with Crippen LogP contribution in [0.1, 0.15) is 26.5 Å². The number of anilines is 2. The highest BCUT2D eigenvalue weighted by molar-refractivity contribution is 5.84. The number of nitrogens with zero attached hydrogens (tertiary/aromatic N) is 8.